The minimum atomic E-state index is -0.308. The van der Waals surface area contributed by atoms with Gasteiger partial charge in [0.15, 0.2) is 12.4 Å². The van der Waals surface area contributed by atoms with Crippen molar-refractivity contribution in [1.29, 1.82) is 0 Å². The van der Waals surface area contributed by atoms with Gasteiger partial charge in [-0.25, -0.2) is 4.39 Å². The molecule has 0 unspecified atom stereocenters. The van der Waals surface area contributed by atoms with Crippen LogP contribution in [0.25, 0.3) is 11.3 Å². The Labute approximate surface area is 162 Å². The number of carbonyl (C=O) groups excluding carboxylic acids is 1. The number of hydrogen-bond acceptors (Lipinski definition) is 4. The van der Waals surface area contributed by atoms with Gasteiger partial charge in [-0.2, -0.15) is 0 Å². The zero-order chi connectivity index (χ0) is 19.7. The van der Waals surface area contributed by atoms with E-state index in [9.17, 15) is 9.18 Å². The first kappa shape index (κ1) is 18.2. The first-order valence-corrected chi connectivity index (χ1v) is 9.23. The fourth-order valence-electron chi connectivity index (χ4n) is 3.36. The Hall–Kier alpha value is -3.15. The van der Waals surface area contributed by atoms with Gasteiger partial charge in [0.25, 0.3) is 5.91 Å². The fraction of sp³-hybridized carbons (Fsp3) is 0.273. The average molecular weight is 380 g/mol. The Morgan fingerprint density at radius 3 is 2.79 bits per heavy atom. The monoisotopic (exact) mass is 380 g/mol. The molecular formula is C22H21FN2O3. The largest absolute Gasteiger partial charge is 0.483 e. The first-order valence-electron chi connectivity index (χ1n) is 9.23. The first-order chi connectivity index (χ1) is 13.5. The number of fused-ring (bicyclic) bond motifs is 1. The molecule has 0 spiro atoms. The number of aryl methyl sites for hydroxylation is 1. The van der Waals surface area contributed by atoms with Crippen molar-refractivity contribution in [2.24, 2.45) is 0 Å². The molecule has 0 saturated carbocycles. The van der Waals surface area contributed by atoms with E-state index in [4.69, 9.17) is 9.26 Å². The second-order valence-electron chi connectivity index (χ2n) is 7.00. The van der Waals surface area contributed by atoms with Crippen LogP contribution in [0.5, 0.6) is 5.75 Å². The van der Waals surface area contributed by atoms with Crippen LogP contribution in [0, 0.1) is 19.7 Å². The number of carbonyl (C=O) groups is 1. The van der Waals surface area contributed by atoms with Crippen LogP contribution in [0.3, 0.4) is 0 Å². The molecule has 2 aromatic carbocycles. The number of ether oxygens (including phenoxy) is 1. The molecule has 1 aliphatic heterocycles. The van der Waals surface area contributed by atoms with Gasteiger partial charge < -0.3 is 14.2 Å². The van der Waals surface area contributed by atoms with Crippen molar-refractivity contribution < 1.29 is 18.4 Å². The van der Waals surface area contributed by atoms with E-state index in [1.807, 2.05) is 32.0 Å². The zero-order valence-corrected chi connectivity index (χ0v) is 15.9. The smallest absolute Gasteiger partial charge is 0.260 e. The molecule has 6 heteroatoms. The molecule has 0 bridgehead atoms. The summed E-state index contributed by atoms with van der Waals surface area (Å²) in [6.45, 7) is 4.95. The van der Waals surface area contributed by atoms with E-state index < -0.39 is 0 Å². The molecule has 3 aromatic rings. The van der Waals surface area contributed by atoms with E-state index in [2.05, 4.69) is 5.16 Å². The molecule has 5 nitrogen and oxygen atoms in total. The lowest BCUT2D eigenvalue weighted by Crippen LogP contribution is -2.38. The molecule has 1 aliphatic rings. The molecule has 0 fully saturated rings. The third-order valence-electron chi connectivity index (χ3n) is 5.20. The third-order valence-corrected chi connectivity index (χ3v) is 5.20. The van der Waals surface area contributed by atoms with Crippen LogP contribution in [0.1, 0.15) is 22.4 Å². The molecule has 0 saturated heterocycles. The molecule has 4 rings (SSSR count). The number of amides is 1. The summed E-state index contributed by atoms with van der Waals surface area (Å²) in [6, 6.07) is 11.9. The van der Waals surface area contributed by atoms with Gasteiger partial charge in [0.2, 0.25) is 0 Å². The third kappa shape index (κ3) is 3.50. The molecule has 144 valence electrons. The maximum Gasteiger partial charge on any atom is 0.260 e. The van der Waals surface area contributed by atoms with Crippen LogP contribution < -0.4 is 4.74 Å². The predicted octanol–water partition coefficient (Wildman–Crippen LogP) is 4.06. The molecule has 0 aliphatic carbocycles. The van der Waals surface area contributed by atoms with E-state index >= 15 is 0 Å². The van der Waals surface area contributed by atoms with Crippen molar-refractivity contribution in [2.75, 3.05) is 13.2 Å². The predicted molar refractivity (Wildman–Crippen MR) is 102 cm³/mol. The van der Waals surface area contributed by atoms with Crippen LogP contribution in [-0.2, 0) is 17.8 Å². The van der Waals surface area contributed by atoms with Crippen molar-refractivity contribution in [2.45, 2.75) is 26.8 Å². The maximum atomic E-state index is 13.2. The van der Waals surface area contributed by atoms with Gasteiger partial charge in [-0.15, -0.1) is 0 Å². The minimum absolute atomic E-state index is 0.0171. The normalized spacial score (nSPS) is 13.3. The van der Waals surface area contributed by atoms with E-state index in [0.29, 0.717) is 25.3 Å². The van der Waals surface area contributed by atoms with Crippen molar-refractivity contribution in [3.8, 4) is 17.1 Å². The Balaban J connectivity index is 1.47. The van der Waals surface area contributed by atoms with E-state index in [0.717, 1.165) is 33.7 Å². The van der Waals surface area contributed by atoms with Crippen molar-refractivity contribution >= 4 is 5.91 Å². The summed E-state index contributed by atoms with van der Waals surface area (Å²) < 4.78 is 24.4. The molecule has 28 heavy (non-hydrogen) atoms. The van der Waals surface area contributed by atoms with Gasteiger partial charge in [0.1, 0.15) is 11.6 Å². The summed E-state index contributed by atoms with van der Waals surface area (Å²) in [7, 11) is 0. The maximum absolute atomic E-state index is 13.2. The standard InChI is InChI=1S/C22H21FN2O3/c1-14-4-3-5-20(15(14)2)27-13-21(26)25-11-10-19-18(12-25)22(28-24-19)16-6-8-17(23)9-7-16/h3-9H,10-13H2,1-2H3. The molecule has 1 aromatic heterocycles. The van der Waals surface area contributed by atoms with Crippen molar-refractivity contribution in [3.05, 3.63) is 70.7 Å². The van der Waals surface area contributed by atoms with Crippen LogP contribution in [0.4, 0.5) is 4.39 Å². The molecular weight excluding hydrogens is 359 g/mol. The number of benzene rings is 2. The van der Waals surface area contributed by atoms with Crippen LogP contribution in [-0.4, -0.2) is 29.1 Å². The lowest BCUT2D eigenvalue weighted by molar-refractivity contribution is -0.134. The van der Waals surface area contributed by atoms with E-state index in [1.54, 1.807) is 17.0 Å². The Bertz CT molecular complexity index is 1010. The van der Waals surface area contributed by atoms with Gasteiger partial charge in [-0.1, -0.05) is 17.3 Å². The van der Waals surface area contributed by atoms with Gasteiger partial charge in [-0.3, -0.25) is 4.79 Å². The number of nitrogens with zero attached hydrogens (tertiary/aromatic N) is 2. The summed E-state index contributed by atoms with van der Waals surface area (Å²) in [6.07, 6.45) is 0.620. The van der Waals surface area contributed by atoms with Crippen LogP contribution >= 0.6 is 0 Å². The minimum Gasteiger partial charge on any atom is -0.483 e. The lowest BCUT2D eigenvalue weighted by Gasteiger charge is -2.26. The molecule has 0 N–H and O–H groups in total. The number of halogens is 1. The molecule has 2 heterocycles. The summed E-state index contributed by atoms with van der Waals surface area (Å²) >= 11 is 0. The van der Waals surface area contributed by atoms with Crippen LogP contribution in [0.2, 0.25) is 0 Å². The van der Waals surface area contributed by atoms with Crippen molar-refractivity contribution in [1.82, 2.24) is 10.1 Å². The Kier molecular flexibility index (Phi) is 4.86. The van der Waals surface area contributed by atoms with Crippen LogP contribution in [0.15, 0.2) is 47.0 Å². The molecule has 0 atom stereocenters. The Morgan fingerprint density at radius 1 is 1.21 bits per heavy atom. The quantitative estimate of drug-likeness (QED) is 0.685. The van der Waals surface area contributed by atoms with Crippen molar-refractivity contribution in [3.63, 3.8) is 0 Å². The number of aromatic nitrogens is 1. The topological polar surface area (TPSA) is 55.6 Å². The fourth-order valence-corrected chi connectivity index (χ4v) is 3.36. The highest BCUT2D eigenvalue weighted by Gasteiger charge is 2.27. The SMILES string of the molecule is Cc1cccc(OCC(=O)N2CCc3noc(-c4ccc(F)cc4)c3C2)c1C. The Morgan fingerprint density at radius 2 is 2.00 bits per heavy atom. The van der Waals surface area contributed by atoms with E-state index in [1.165, 1.54) is 12.1 Å². The van der Waals surface area contributed by atoms with Gasteiger partial charge >= 0.3 is 0 Å². The second kappa shape index (κ2) is 7.46. The van der Waals surface area contributed by atoms with Gasteiger partial charge in [-0.05, 0) is 55.3 Å². The molecule has 1 amide bonds. The summed E-state index contributed by atoms with van der Waals surface area (Å²) in [5, 5.41) is 4.13. The van der Waals surface area contributed by atoms with E-state index in [-0.39, 0.29) is 18.3 Å². The van der Waals surface area contributed by atoms with Gasteiger partial charge in [0, 0.05) is 24.1 Å². The summed E-state index contributed by atoms with van der Waals surface area (Å²) in [5.41, 5.74) is 4.63. The highest BCUT2D eigenvalue weighted by molar-refractivity contribution is 5.78. The summed E-state index contributed by atoms with van der Waals surface area (Å²) in [4.78, 5) is 14.4. The second-order valence-corrected chi connectivity index (χ2v) is 7.00. The highest BCUT2D eigenvalue weighted by atomic mass is 19.1. The zero-order valence-electron chi connectivity index (χ0n) is 15.9. The summed E-state index contributed by atoms with van der Waals surface area (Å²) in [5.74, 6) is 0.918. The lowest BCUT2D eigenvalue weighted by atomic mass is 10.0. The van der Waals surface area contributed by atoms with Gasteiger partial charge in [0.05, 0.1) is 12.2 Å². The highest BCUT2D eigenvalue weighted by Crippen LogP contribution is 2.30. The number of hydrogen-bond donors (Lipinski definition) is 0. The number of rotatable bonds is 4. The average Bonchev–Trinajstić information content (AvgIpc) is 3.12. The molecule has 0 radical (unpaired) electrons.